The highest BCUT2D eigenvalue weighted by Crippen LogP contribution is 2.39. The van der Waals surface area contributed by atoms with E-state index in [0.29, 0.717) is 35.1 Å². The van der Waals surface area contributed by atoms with Crippen LogP contribution in [0.5, 0.6) is 28.7 Å². The van der Waals surface area contributed by atoms with Crippen molar-refractivity contribution in [2.24, 2.45) is 0 Å². The predicted molar refractivity (Wildman–Crippen MR) is 104 cm³/mol. The standard InChI is InChI=1S/C21H22N2O4/c1-13(2)12-26-17-9-10-18(19(24)11-17)20-21(14(3)22-23-20)27-16-7-5-15(25-4)6-8-16/h5-11,24H,1,12H2,2-4H3,(H,22,23). The Morgan fingerprint density at radius 2 is 1.78 bits per heavy atom. The van der Waals surface area contributed by atoms with Crippen LogP contribution in [-0.2, 0) is 0 Å². The molecule has 0 spiro atoms. The lowest BCUT2D eigenvalue weighted by Crippen LogP contribution is -1.97. The Hall–Kier alpha value is -3.41. The van der Waals surface area contributed by atoms with Gasteiger partial charge in [-0.3, -0.25) is 5.10 Å². The van der Waals surface area contributed by atoms with Crippen LogP contribution in [0.2, 0.25) is 0 Å². The van der Waals surface area contributed by atoms with E-state index in [2.05, 4.69) is 16.8 Å². The average Bonchev–Trinajstić information content (AvgIpc) is 3.01. The summed E-state index contributed by atoms with van der Waals surface area (Å²) < 4.78 is 16.7. The maximum absolute atomic E-state index is 10.4. The summed E-state index contributed by atoms with van der Waals surface area (Å²) in [7, 11) is 1.61. The molecule has 3 aromatic rings. The molecule has 1 heterocycles. The minimum absolute atomic E-state index is 0.0558. The van der Waals surface area contributed by atoms with Crippen LogP contribution in [0.4, 0.5) is 0 Å². The molecule has 0 saturated heterocycles. The van der Waals surface area contributed by atoms with Gasteiger partial charge in [-0.15, -0.1) is 0 Å². The number of hydrogen-bond donors (Lipinski definition) is 2. The third-order valence-electron chi connectivity index (χ3n) is 3.88. The first-order valence-corrected chi connectivity index (χ1v) is 8.45. The summed E-state index contributed by atoms with van der Waals surface area (Å²) in [4.78, 5) is 0. The number of aromatic hydroxyl groups is 1. The molecule has 0 bridgehead atoms. The van der Waals surface area contributed by atoms with Gasteiger partial charge in [0.2, 0.25) is 0 Å². The van der Waals surface area contributed by atoms with Crippen molar-refractivity contribution >= 4 is 0 Å². The average molecular weight is 366 g/mol. The third-order valence-corrected chi connectivity index (χ3v) is 3.88. The van der Waals surface area contributed by atoms with Crippen molar-refractivity contribution in [1.29, 1.82) is 0 Å². The molecule has 0 fully saturated rings. The molecule has 0 aliphatic rings. The van der Waals surface area contributed by atoms with Gasteiger partial charge in [0.15, 0.2) is 5.75 Å². The molecule has 6 heteroatoms. The van der Waals surface area contributed by atoms with Crippen molar-refractivity contribution in [3.63, 3.8) is 0 Å². The summed E-state index contributed by atoms with van der Waals surface area (Å²) in [5.74, 6) is 2.55. The van der Waals surface area contributed by atoms with Crippen molar-refractivity contribution in [1.82, 2.24) is 10.2 Å². The van der Waals surface area contributed by atoms with Gasteiger partial charge in [-0.2, -0.15) is 5.10 Å². The van der Waals surface area contributed by atoms with Gasteiger partial charge in [0, 0.05) is 11.6 Å². The summed E-state index contributed by atoms with van der Waals surface area (Å²) in [5.41, 5.74) is 2.72. The maximum atomic E-state index is 10.4. The van der Waals surface area contributed by atoms with Crippen molar-refractivity contribution in [3.8, 4) is 40.0 Å². The largest absolute Gasteiger partial charge is 0.507 e. The van der Waals surface area contributed by atoms with Crippen molar-refractivity contribution in [3.05, 3.63) is 60.3 Å². The molecule has 0 aliphatic heterocycles. The number of benzene rings is 2. The van der Waals surface area contributed by atoms with Crippen molar-refractivity contribution in [2.75, 3.05) is 13.7 Å². The number of nitrogens with one attached hydrogen (secondary N) is 1. The first kappa shape index (κ1) is 18.4. The van der Waals surface area contributed by atoms with Gasteiger partial charge < -0.3 is 19.3 Å². The topological polar surface area (TPSA) is 76.6 Å². The van der Waals surface area contributed by atoms with Crippen LogP contribution >= 0.6 is 0 Å². The normalized spacial score (nSPS) is 10.5. The van der Waals surface area contributed by atoms with E-state index in [4.69, 9.17) is 14.2 Å². The molecule has 0 saturated carbocycles. The highest BCUT2D eigenvalue weighted by atomic mass is 16.5. The SMILES string of the molecule is C=C(C)COc1ccc(-c2n[nH]c(C)c2Oc2ccc(OC)cc2)c(O)c1. The van der Waals surface area contributed by atoms with Gasteiger partial charge in [-0.25, -0.2) is 0 Å². The molecule has 0 aliphatic carbocycles. The molecule has 0 atom stereocenters. The van der Waals surface area contributed by atoms with E-state index in [-0.39, 0.29) is 5.75 Å². The van der Waals surface area contributed by atoms with Crippen molar-refractivity contribution < 1.29 is 19.3 Å². The fraction of sp³-hybridized carbons (Fsp3) is 0.190. The van der Waals surface area contributed by atoms with E-state index in [0.717, 1.165) is 17.0 Å². The first-order chi connectivity index (χ1) is 13.0. The Morgan fingerprint density at radius 3 is 2.41 bits per heavy atom. The second kappa shape index (κ2) is 7.86. The van der Waals surface area contributed by atoms with E-state index >= 15 is 0 Å². The Bertz CT molecular complexity index is 945. The summed E-state index contributed by atoms with van der Waals surface area (Å²) in [6.07, 6.45) is 0. The number of nitrogens with zero attached hydrogens (tertiary/aromatic N) is 1. The Balaban J connectivity index is 1.88. The number of ether oxygens (including phenoxy) is 3. The van der Waals surface area contributed by atoms with Crippen LogP contribution in [0.3, 0.4) is 0 Å². The maximum Gasteiger partial charge on any atom is 0.176 e. The summed E-state index contributed by atoms with van der Waals surface area (Å²) in [6, 6.07) is 12.3. The second-order valence-corrected chi connectivity index (χ2v) is 6.23. The lowest BCUT2D eigenvalue weighted by Gasteiger charge is -2.11. The number of methoxy groups -OCH3 is 1. The third kappa shape index (κ3) is 4.23. The number of aromatic nitrogens is 2. The Morgan fingerprint density at radius 1 is 1.11 bits per heavy atom. The Kier molecular flexibility index (Phi) is 5.35. The number of aromatic amines is 1. The smallest absolute Gasteiger partial charge is 0.176 e. The number of phenols is 1. The lowest BCUT2D eigenvalue weighted by atomic mass is 10.1. The van der Waals surface area contributed by atoms with E-state index in [1.807, 2.05) is 38.1 Å². The first-order valence-electron chi connectivity index (χ1n) is 8.45. The molecule has 6 nitrogen and oxygen atoms in total. The molecule has 0 amide bonds. The van der Waals surface area contributed by atoms with E-state index in [1.165, 1.54) is 0 Å². The molecule has 2 N–H and O–H groups in total. The second-order valence-electron chi connectivity index (χ2n) is 6.23. The fourth-order valence-corrected chi connectivity index (χ4v) is 2.50. The minimum atomic E-state index is 0.0558. The summed E-state index contributed by atoms with van der Waals surface area (Å²) in [6.45, 7) is 7.93. The number of aryl methyl sites for hydroxylation is 1. The summed E-state index contributed by atoms with van der Waals surface area (Å²) in [5, 5.41) is 17.6. The summed E-state index contributed by atoms with van der Waals surface area (Å²) >= 11 is 0. The molecular weight excluding hydrogens is 344 g/mol. The van der Waals surface area contributed by atoms with E-state index < -0.39 is 0 Å². The van der Waals surface area contributed by atoms with Crippen LogP contribution in [0.15, 0.2) is 54.6 Å². The monoisotopic (exact) mass is 366 g/mol. The zero-order chi connectivity index (χ0) is 19.4. The van der Waals surface area contributed by atoms with Crippen LogP contribution in [0, 0.1) is 6.92 Å². The van der Waals surface area contributed by atoms with Crippen LogP contribution in [0.25, 0.3) is 11.3 Å². The molecule has 0 unspecified atom stereocenters. The lowest BCUT2D eigenvalue weighted by molar-refractivity contribution is 0.350. The van der Waals surface area contributed by atoms with Crippen LogP contribution in [0.1, 0.15) is 12.6 Å². The molecule has 2 aromatic carbocycles. The van der Waals surface area contributed by atoms with Crippen LogP contribution < -0.4 is 14.2 Å². The van der Waals surface area contributed by atoms with Crippen LogP contribution in [-0.4, -0.2) is 29.0 Å². The number of phenolic OH excluding ortho intramolecular Hbond substituents is 1. The van der Waals surface area contributed by atoms with Gasteiger partial charge in [0.25, 0.3) is 0 Å². The molecule has 3 rings (SSSR count). The highest BCUT2D eigenvalue weighted by Gasteiger charge is 2.18. The number of hydrogen-bond acceptors (Lipinski definition) is 5. The number of H-pyrrole nitrogens is 1. The molecule has 0 radical (unpaired) electrons. The van der Waals surface area contributed by atoms with E-state index in [9.17, 15) is 5.11 Å². The molecule has 1 aromatic heterocycles. The van der Waals surface area contributed by atoms with Gasteiger partial charge in [0.05, 0.1) is 12.8 Å². The minimum Gasteiger partial charge on any atom is -0.507 e. The van der Waals surface area contributed by atoms with E-state index in [1.54, 1.807) is 25.3 Å². The molecule has 140 valence electrons. The van der Waals surface area contributed by atoms with Gasteiger partial charge >= 0.3 is 0 Å². The Labute approximate surface area is 158 Å². The fourth-order valence-electron chi connectivity index (χ4n) is 2.50. The van der Waals surface area contributed by atoms with Crippen molar-refractivity contribution in [2.45, 2.75) is 13.8 Å². The van der Waals surface area contributed by atoms with Gasteiger partial charge in [-0.05, 0) is 55.8 Å². The predicted octanol–water partition coefficient (Wildman–Crippen LogP) is 4.85. The molecule has 27 heavy (non-hydrogen) atoms. The highest BCUT2D eigenvalue weighted by molar-refractivity contribution is 5.74. The van der Waals surface area contributed by atoms with Gasteiger partial charge in [0.1, 0.15) is 35.3 Å². The number of rotatable bonds is 7. The van der Waals surface area contributed by atoms with Gasteiger partial charge in [-0.1, -0.05) is 6.58 Å². The zero-order valence-corrected chi connectivity index (χ0v) is 15.6. The molecular formula is C21H22N2O4. The quantitative estimate of drug-likeness (QED) is 0.585. The zero-order valence-electron chi connectivity index (χ0n) is 15.6.